The number of benzene rings is 2. The van der Waals surface area contributed by atoms with Crippen molar-refractivity contribution in [2.75, 3.05) is 0 Å². The smallest absolute Gasteiger partial charge is 0.224 e. The molecule has 1 aromatic heterocycles. The average Bonchev–Trinajstić information content (AvgIpc) is 2.48. The van der Waals surface area contributed by atoms with E-state index in [0.717, 1.165) is 6.20 Å². The zero-order valence-corrected chi connectivity index (χ0v) is 11.2. The Kier molecular flexibility index (Phi) is 2.91. The SMILES string of the molecule is O=S(=O)(c1ccccc1)c1ncc(O)c2ccccc12. The lowest BCUT2D eigenvalue weighted by atomic mass is 10.2. The number of pyridine rings is 1. The maximum atomic E-state index is 12.6. The number of nitrogens with zero attached hydrogens (tertiary/aromatic N) is 1. The Morgan fingerprint density at radius 2 is 1.45 bits per heavy atom. The van der Waals surface area contributed by atoms with Gasteiger partial charge in [0.15, 0.2) is 5.03 Å². The highest BCUT2D eigenvalue weighted by molar-refractivity contribution is 7.91. The van der Waals surface area contributed by atoms with Crippen LogP contribution in [0.4, 0.5) is 0 Å². The molecule has 0 saturated heterocycles. The predicted molar refractivity (Wildman–Crippen MR) is 75.3 cm³/mol. The average molecular weight is 285 g/mol. The van der Waals surface area contributed by atoms with Gasteiger partial charge in [-0.25, -0.2) is 13.4 Å². The summed E-state index contributed by atoms with van der Waals surface area (Å²) in [5.74, 6) is -0.0346. The van der Waals surface area contributed by atoms with Crippen LogP contribution in [0.2, 0.25) is 0 Å². The molecule has 0 bridgehead atoms. The van der Waals surface area contributed by atoms with E-state index in [9.17, 15) is 13.5 Å². The Bertz CT molecular complexity index is 874. The van der Waals surface area contributed by atoms with Crippen LogP contribution in [-0.2, 0) is 9.84 Å². The number of rotatable bonds is 2. The Hall–Kier alpha value is -2.40. The summed E-state index contributed by atoms with van der Waals surface area (Å²) in [6, 6.07) is 14.9. The van der Waals surface area contributed by atoms with Crippen LogP contribution >= 0.6 is 0 Å². The van der Waals surface area contributed by atoms with Gasteiger partial charge in [-0.3, -0.25) is 0 Å². The summed E-state index contributed by atoms with van der Waals surface area (Å²) in [5.41, 5.74) is 0. The molecule has 0 unspecified atom stereocenters. The summed E-state index contributed by atoms with van der Waals surface area (Å²) in [6.07, 6.45) is 1.16. The molecule has 100 valence electrons. The molecule has 0 aliphatic heterocycles. The van der Waals surface area contributed by atoms with Crippen molar-refractivity contribution in [3.8, 4) is 5.75 Å². The first-order chi connectivity index (χ1) is 9.60. The third-order valence-electron chi connectivity index (χ3n) is 3.05. The molecule has 2 aromatic carbocycles. The van der Waals surface area contributed by atoms with Gasteiger partial charge in [-0.2, -0.15) is 0 Å². The number of aromatic nitrogens is 1. The third-order valence-corrected chi connectivity index (χ3v) is 4.77. The number of hydrogen-bond acceptors (Lipinski definition) is 4. The molecule has 0 spiro atoms. The predicted octanol–water partition coefficient (Wildman–Crippen LogP) is 2.77. The molecule has 0 fully saturated rings. The molecular formula is C15H11NO3S. The first-order valence-corrected chi connectivity index (χ1v) is 7.46. The molecule has 4 nitrogen and oxygen atoms in total. The lowest BCUT2D eigenvalue weighted by molar-refractivity contribution is 0.478. The molecule has 1 heterocycles. The second-order valence-corrected chi connectivity index (χ2v) is 6.18. The number of aromatic hydroxyl groups is 1. The quantitative estimate of drug-likeness (QED) is 0.786. The van der Waals surface area contributed by atoms with Gasteiger partial charge in [-0.15, -0.1) is 0 Å². The first kappa shape index (κ1) is 12.6. The lowest BCUT2D eigenvalue weighted by Gasteiger charge is -2.08. The molecule has 0 aliphatic carbocycles. The molecule has 0 radical (unpaired) electrons. The van der Waals surface area contributed by atoms with E-state index in [-0.39, 0.29) is 15.7 Å². The minimum Gasteiger partial charge on any atom is -0.506 e. The molecule has 0 atom stereocenters. The fraction of sp³-hybridized carbons (Fsp3) is 0. The topological polar surface area (TPSA) is 67.3 Å². The maximum Gasteiger partial charge on any atom is 0.224 e. The monoisotopic (exact) mass is 285 g/mol. The molecule has 0 amide bonds. The molecule has 3 aromatic rings. The van der Waals surface area contributed by atoms with Gasteiger partial charge in [0, 0.05) is 10.8 Å². The summed E-state index contributed by atoms with van der Waals surface area (Å²) in [5, 5.41) is 10.6. The number of sulfone groups is 1. The molecule has 3 rings (SSSR count). The van der Waals surface area contributed by atoms with Gasteiger partial charge in [-0.1, -0.05) is 42.5 Å². The van der Waals surface area contributed by atoms with E-state index < -0.39 is 9.84 Å². The van der Waals surface area contributed by atoms with E-state index in [2.05, 4.69) is 4.98 Å². The minimum atomic E-state index is -3.70. The van der Waals surface area contributed by atoms with Crippen LogP contribution in [0.25, 0.3) is 10.8 Å². The van der Waals surface area contributed by atoms with E-state index in [1.165, 1.54) is 12.1 Å². The second-order valence-electron chi connectivity index (χ2n) is 4.31. The van der Waals surface area contributed by atoms with Crippen LogP contribution in [0.5, 0.6) is 5.75 Å². The van der Waals surface area contributed by atoms with Crippen LogP contribution in [0, 0.1) is 0 Å². The van der Waals surface area contributed by atoms with Crippen molar-refractivity contribution >= 4 is 20.6 Å². The van der Waals surface area contributed by atoms with Crippen molar-refractivity contribution in [2.45, 2.75) is 9.92 Å². The van der Waals surface area contributed by atoms with Gasteiger partial charge in [0.2, 0.25) is 9.84 Å². The van der Waals surface area contributed by atoms with Crippen molar-refractivity contribution in [3.63, 3.8) is 0 Å². The summed E-state index contributed by atoms with van der Waals surface area (Å²) in [4.78, 5) is 4.10. The fourth-order valence-electron chi connectivity index (χ4n) is 2.08. The van der Waals surface area contributed by atoms with Crippen LogP contribution in [-0.4, -0.2) is 18.5 Å². The molecule has 0 saturated carbocycles. The molecule has 0 aliphatic rings. The largest absolute Gasteiger partial charge is 0.506 e. The molecule has 5 heteroatoms. The van der Waals surface area contributed by atoms with E-state index in [0.29, 0.717) is 10.8 Å². The van der Waals surface area contributed by atoms with Crippen molar-refractivity contribution in [2.24, 2.45) is 0 Å². The van der Waals surface area contributed by atoms with Crippen LogP contribution in [0.3, 0.4) is 0 Å². The van der Waals surface area contributed by atoms with Gasteiger partial charge in [0.05, 0.1) is 11.1 Å². The normalized spacial score (nSPS) is 11.6. The van der Waals surface area contributed by atoms with Crippen molar-refractivity contribution < 1.29 is 13.5 Å². The van der Waals surface area contributed by atoms with Crippen molar-refractivity contribution in [3.05, 3.63) is 60.8 Å². The Morgan fingerprint density at radius 3 is 2.15 bits per heavy atom. The number of fused-ring (bicyclic) bond motifs is 1. The van der Waals surface area contributed by atoms with Crippen LogP contribution in [0.15, 0.2) is 70.7 Å². The Balaban J connectivity index is 2.34. The van der Waals surface area contributed by atoms with Gasteiger partial charge >= 0.3 is 0 Å². The van der Waals surface area contributed by atoms with Gasteiger partial charge in [0.25, 0.3) is 0 Å². The van der Waals surface area contributed by atoms with Gasteiger partial charge in [-0.05, 0) is 12.1 Å². The van der Waals surface area contributed by atoms with Gasteiger partial charge in [0.1, 0.15) is 5.75 Å². The lowest BCUT2D eigenvalue weighted by Crippen LogP contribution is -2.05. The standard InChI is InChI=1S/C15H11NO3S/c17-14-10-16-15(13-9-5-4-8-12(13)14)20(18,19)11-6-2-1-3-7-11/h1-10,17H. The zero-order chi connectivity index (χ0) is 14.2. The highest BCUT2D eigenvalue weighted by atomic mass is 32.2. The second kappa shape index (κ2) is 4.61. The zero-order valence-electron chi connectivity index (χ0n) is 10.4. The van der Waals surface area contributed by atoms with Crippen molar-refractivity contribution in [1.29, 1.82) is 0 Å². The van der Waals surface area contributed by atoms with Crippen LogP contribution in [0.1, 0.15) is 0 Å². The number of hydrogen-bond donors (Lipinski definition) is 1. The van der Waals surface area contributed by atoms with Crippen molar-refractivity contribution in [1.82, 2.24) is 4.98 Å². The molecular weight excluding hydrogens is 274 g/mol. The summed E-state index contributed by atoms with van der Waals surface area (Å²) >= 11 is 0. The van der Waals surface area contributed by atoms with E-state index >= 15 is 0 Å². The Labute approximate surface area is 116 Å². The fourth-order valence-corrected chi connectivity index (χ4v) is 3.47. The Morgan fingerprint density at radius 1 is 0.850 bits per heavy atom. The highest BCUT2D eigenvalue weighted by Crippen LogP contribution is 2.30. The van der Waals surface area contributed by atoms with Gasteiger partial charge < -0.3 is 5.11 Å². The summed E-state index contributed by atoms with van der Waals surface area (Å²) in [7, 11) is -3.70. The molecule has 20 heavy (non-hydrogen) atoms. The highest BCUT2D eigenvalue weighted by Gasteiger charge is 2.22. The molecule has 1 N–H and O–H groups in total. The van der Waals surface area contributed by atoms with E-state index in [1.54, 1.807) is 42.5 Å². The maximum absolute atomic E-state index is 12.6. The van der Waals surface area contributed by atoms with E-state index in [1.807, 2.05) is 0 Å². The van der Waals surface area contributed by atoms with Crippen LogP contribution < -0.4 is 0 Å². The summed E-state index contributed by atoms with van der Waals surface area (Å²) < 4.78 is 25.2. The summed E-state index contributed by atoms with van der Waals surface area (Å²) in [6.45, 7) is 0. The first-order valence-electron chi connectivity index (χ1n) is 5.97. The third kappa shape index (κ3) is 1.92. The minimum absolute atomic E-state index is 0.0346. The van der Waals surface area contributed by atoms with E-state index in [4.69, 9.17) is 0 Å².